The van der Waals surface area contributed by atoms with E-state index in [9.17, 15) is 0 Å². The highest BCUT2D eigenvalue weighted by Crippen LogP contribution is 2.19. The second-order valence-corrected chi connectivity index (χ2v) is 4.80. The molecule has 0 aliphatic carbocycles. The van der Waals surface area contributed by atoms with Gasteiger partial charge in [-0.3, -0.25) is 0 Å². The predicted molar refractivity (Wildman–Crippen MR) is 60.0 cm³/mol. The zero-order valence-corrected chi connectivity index (χ0v) is 11.0. The van der Waals surface area contributed by atoms with Crippen LogP contribution in [0.3, 0.4) is 0 Å². The van der Waals surface area contributed by atoms with Crippen LogP contribution in [-0.4, -0.2) is 36.1 Å². The van der Waals surface area contributed by atoms with Crippen molar-refractivity contribution in [2.45, 2.75) is 32.0 Å². The highest BCUT2D eigenvalue weighted by molar-refractivity contribution is 9.09. The van der Waals surface area contributed by atoms with Crippen molar-refractivity contribution in [1.82, 2.24) is 0 Å². The van der Waals surface area contributed by atoms with Crippen molar-refractivity contribution in [3.05, 3.63) is 0 Å². The van der Waals surface area contributed by atoms with E-state index in [1.807, 2.05) is 20.8 Å². The van der Waals surface area contributed by atoms with Crippen LogP contribution in [0.1, 0.15) is 20.8 Å². The third kappa shape index (κ3) is 5.21. The first-order valence-electron chi connectivity index (χ1n) is 4.20. The molecule has 0 aromatic rings. The lowest BCUT2D eigenvalue weighted by Crippen LogP contribution is -2.39. The summed E-state index contributed by atoms with van der Waals surface area (Å²) in [6.07, 6.45) is 0. The van der Waals surface area contributed by atoms with Crippen molar-refractivity contribution in [2.24, 2.45) is 0 Å². The maximum absolute atomic E-state index is 5.79. The Morgan fingerprint density at radius 1 is 1.31 bits per heavy atom. The maximum atomic E-state index is 5.79. The van der Waals surface area contributed by atoms with Gasteiger partial charge in [-0.1, -0.05) is 15.9 Å². The minimum Gasteiger partial charge on any atom is -0.376 e. The number of alkyl halides is 2. The lowest BCUT2D eigenvalue weighted by Gasteiger charge is -2.31. The van der Waals surface area contributed by atoms with Crippen molar-refractivity contribution in [3.63, 3.8) is 0 Å². The SMILES string of the molecule is COC(C)(C)COC(C)(CCl)CBr. The Kier molecular flexibility index (Phi) is 5.84. The van der Waals surface area contributed by atoms with Gasteiger partial charge in [0.2, 0.25) is 0 Å². The molecule has 0 rings (SSSR count). The number of halogens is 2. The molecule has 0 aliphatic rings. The van der Waals surface area contributed by atoms with Gasteiger partial charge in [-0.25, -0.2) is 0 Å². The lowest BCUT2D eigenvalue weighted by atomic mass is 10.1. The largest absolute Gasteiger partial charge is 0.376 e. The fourth-order valence-electron chi connectivity index (χ4n) is 0.520. The summed E-state index contributed by atoms with van der Waals surface area (Å²) < 4.78 is 10.9. The van der Waals surface area contributed by atoms with E-state index in [-0.39, 0.29) is 11.2 Å². The van der Waals surface area contributed by atoms with Crippen LogP contribution in [0.2, 0.25) is 0 Å². The number of ether oxygens (including phenoxy) is 2. The average molecular weight is 274 g/mol. The van der Waals surface area contributed by atoms with E-state index in [1.165, 1.54) is 0 Å². The Hall–Kier alpha value is 0.690. The Labute approximate surface area is 94.1 Å². The van der Waals surface area contributed by atoms with Gasteiger partial charge in [0.15, 0.2) is 0 Å². The van der Waals surface area contributed by atoms with Gasteiger partial charge in [0.1, 0.15) is 0 Å². The minimum atomic E-state index is -0.308. The minimum absolute atomic E-state index is 0.254. The topological polar surface area (TPSA) is 18.5 Å². The molecule has 0 fully saturated rings. The molecule has 0 N–H and O–H groups in total. The van der Waals surface area contributed by atoms with Crippen molar-refractivity contribution in [2.75, 3.05) is 24.9 Å². The van der Waals surface area contributed by atoms with Gasteiger partial charge in [0.25, 0.3) is 0 Å². The molecule has 0 aromatic heterocycles. The molecule has 1 atom stereocenters. The number of hydrogen-bond donors (Lipinski definition) is 0. The summed E-state index contributed by atoms with van der Waals surface area (Å²) in [6.45, 7) is 6.48. The molecule has 4 heteroatoms. The zero-order valence-electron chi connectivity index (χ0n) is 8.69. The average Bonchev–Trinajstić information content (AvgIpc) is 2.14. The molecule has 0 saturated heterocycles. The molecule has 0 amide bonds. The van der Waals surface area contributed by atoms with Crippen LogP contribution < -0.4 is 0 Å². The van der Waals surface area contributed by atoms with Gasteiger partial charge in [-0.15, -0.1) is 11.6 Å². The molecule has 13 heavy (non-hydrogen) atoms. The van der Waals surface area contributed by atoms with Crippen LogP contribution in [-0.2, 0) is 9.47 Å². The summed E-state index contributed by atoms with van der Waals surface area (Å²) in [4.78, 5) is 0. The molecule has 0 aliphatic heterocycles. The fourth-order valence-corrected chi connectivity index (χ4v) is 1.28. The third-order valence-corrected chi connectivity index (χ3v) is 3.64. The molecule has 80 valence electrons. The molecular weight excluding hydrogens is 255 g/mol. The summed E-state index contributed by atoms with van der Waals surface area (Å²) in [5, 5.41) is 0.725. The maximum Gasteiger partial charge on any atom is 0.0886 e. The molecule has 0 saturated carbocycles. The Bertz CT molecular complexity index is 147. The van der Waals surface area contributed by atoms with E-state index >= 15 is 0 Å². The van der Waals surface area contributed by atoms with Crippen molar-refractivity contribution in [3.8, 4) is 0 Å². The molecule has 0 radical (unpaired) electrons. The van der Waals surface area contributed by atoms with E-state index < -0.39 is 0 Å². The van der Waals surface area contributed by atoms with Crippen LogP contribution in [0.25, 0.3) is 0 Å². The first-order valence-corrected chi connectivity index (χ1v) is 5.86. The van der Waals surface area contributed by atoms with Crippen LogP contribution in [0.15, 0.2) is 0 Å². The monoisotopic (exact) mass is 272 g/mol. The van der Waals surface area contributed by atoms with Crippen LogP contribution >= 0.6 is 27.5 Å². The lowest BCUT2D eigenvalue weighted by molar-refractivity contribution is -0.0958. The first kappa shape index (κ1) is 13.7. The summed E-state index contributed by atoms with van der Waals surface area (Å²) >= 11 is 9.16. The third-order valence-electron chi connectivity index (χ3n) is 1.89. The smallest absolute Gasteiger partial charge is 0.0886 e. The number of methoxy groups -OCH3 is 1. The normalized spacial score (nSPS) is 17.1. The van der Waals surface area contributed by atoms with Gasteiger partial charge in [0, 0.05) is 12.4 Å². The summed E-state index contributed by atoms with van der Waals surface area (Å²) in [5.74, 6) is 0.470. The van der Waals surface area contributed by atoms with Gasteiger partial charge < -0.3 is 9.47 Å². The zero-order chi connectivity index (χ0) is 10.5. The van der Waals surface area contributed by atoms with Crippen LogP contribution in [0.4, 0.5) is 0 Å². The molecular formula is C9H18BrClO2. The van der Waals surface area contributed by atoms with Gasteiger partial charge >= 0.3 is 0 Å². The first-order chi connectivity index (χ1) is 5.89. The summed E-state index contributed by atoms with van der Waals surface area (Å²) in [5.41, 5.74) is -0.563. The van der Waals surface area contributed by atoms with E-state index in [1.54, 1.807) is 7.11 Å². The van der Waals surface area contributed by atoms with Crippen LogP contribution in [0.5, 0.6) is 0 Å². The number of rotatable bonds is 6. The summed E-state index contributed by atoms with van der Waals surface area (Å²) in [6, 6.07) is 0. The highest BCUT2D eigenvalue weighted by Gasteiger charge is 2.27. The predicted octanol–water partition coefficient (Wildman–Crippen LogP) is 2.82. The molecule has 0 spiro atoms. The fraction of sp³-hybridized carbons (Fsp3) is 1.00. The van der Waals surface area contributed by atoms with Gasteiger partial charge in [-0.05, 0) is 20.8 Å². The highest BCUT2D eigenvalue weighted by atomic mass is 79.9. The standard InChI is InChI=1S/C9H18BrClO2/c1-8(2,12-4)7-13-9(3,5-10)6-11/h5-7H2,1-4H3. The van der Waals surface area contributed by atoms with Crippen molar-refractivity contribution < 1.29 is 9.47 Å². The van der Waals surface area contributed by atoms with E-state index in [0.29, 0.717) is 12.5 Å². The Balaban J connectivity index is 3.99. The second-order valence-electron chi connectivity index (χ2n) is 3.97. The quantitative estimate of drug-likeness (QED) is 0.693. The Morgan fingerprint density at radius 2 is 1.85 bits per heavy atom. The molecule has 2 nitrogen and oxygen atoms in total. The molecule has 0 bridgehead atoms. The molecule has 0 aromatic carbocycles. The molecule has 1 unspecified atom stereocenters. The summed E-state index contributed by atoms with van der Waals surface area (Å²) in [7, 11) is 1.68. The van der Waals surface area contributed by atoms with Gasteiger partial charge in [0.05, 0.1) is 23.7 Å². The Morgan fingerprint density at radius 3 is 2.15 bits per heavy atom. The van der Waals surface area contributed by atoms with Crippen molar-refractivity contribution >= 4 is 27.5 Å². The van der Waals surface area contributed by atoms with Crippen molar-refractivity contribution in [1.29, 1.82) is 0 Å². The van der Waals surface area contributed by atoms with E-state index in [4.69, 9.17) is 21.1 Å². The number of hydrogen-bond acceptors (Lipinski definition) is 2. The van der Waals surface area contributed by atoms with Gasteiger partial charge in [-0.2, -0.15) is 0 Å². The second kappa shape index (κ2) is 5.54. The van der Waals surface area contributed by atoms with Crippen LogP contribution in [0, 0.1) is 0 Å². The van der Waals surface area contributed by atoms with E-state index in [2.05, 4.69) is 15.9 Å². The molecule has 0 heterocycles. The van der Waals surface area contributed by atoms with E-state index in [0.717, 1.165) is 5.33 Å².